The molecule has 2 aromatic carbocycles. The molecule has 0 radical (unpaired) electrons. The van der Waals surface area contributed by atoms with Crippen molar-refractivity contribution in [3.05, 3.63) is 127 Å². The Kier molecular flexibility index (Phi) is 7.66. The van der Waals surface area contributed by atoms with Gasteiger partial charge in [-0.2, -0.15) is 0 Å². The van der Waals surface area contributed by atoms with Crippen LogP contribution in [0.15, 0.2) is 73.1 Å². The highest BCUT2D eigenvalue weighted by Crippen LogP contribution is 2.30. The number of rotatable bonds is 8. The van der Waals surface area contributed by atoms with Gasteiger partial charge in [-0.15, -0.1) is 0 Å². The number of carbonyl (C=O) groups is 1. The van der Waals surface area contributed by atoms with Crippen LogP contribution in [0.3, 0.4) is 0 Å². The van der Waals surface area contributed by atoms with Crippen LogP contribution in [0.4, 0.5) is 16.2 Å². The molecule has 2 aromatic heterocycles. The summed E-state index contributed by atoms with van der Waals surface area (Å²) in [5.41, 5.74) is 3.60. The van der Waals surface area contributed by atoms with E-state index in [0.29, 0.717) is 11.1 Å². The third kappa shape index (κ3) is 6.52. The van der Waals surface area contributed by atoms with Crippen molar-refractivity contribution in [3.8, 4) is 11.5 Å². The summed E-state index contributed by atoms with van der Waals surface area (Å²) in [5.74, 6) is 0.153. The average Bonchev–Trinajstić information content (AvgIpc) is 2.88. The van der Waals surface area contributed by atoms with Crippen LogP contribution in [0.1, 0.15) is 33.6 Å². The van der Waals surface area contributed by atoms with Crippen LogP contribution in [0.25, 0.3) is 0 Å². The number of nitro benzene ring substituents is 2. The van der Waals surface area contributed by atoms with E-state index < -0.39 is 16.0 Å². The van der Waals surface area contributed by atoms with Crippen LogP contribution in [0.2, 0.25) is 0 Å². The number of nitro groups is 2. The van der Waals surface area contributed by atoms with Gasteiger partial charge in [0.1, 0.15) is 11.5 Å². The molecule has 11 heteroatoms. The first-order valence-corrected chi connectivity index (χ1v) is 11.5. The number of aryl methyl sites for hydroxylation is 2. The Labute approximate surface area is 217 Å². The molecule has 38 heavy (non-hydrogen) atoms. The van der Waals surface area contributed by atoms with Gasteiger partial charge >= 0.3 is 6.16 Å². The number of pyridine rings is 2. The summed E-state index contributed by atoms with van der Waals surface area (Å²) in [6.45, 7) is 3.67. The highest BCUT2D eigenvalue weighted by molar-refractivity contribution is 5.69. The first-order chi connectivity index (χ1) is 18.2. The lowest BCUT2D eigenvalue weighted by Crippen LogP contribution is -2.16. The molecule has 0 aliphatic carbocycles. The van der Waals surface area contributed by atoms with Gasteiger partial charge < -0.3 is 9.47 Å². The molecule has 4 rings (SSSR count). The second-order valence-electron chi connectivity index (χ2n) is 8.52. The number of aromatic nitrogens is 2. The minimum absolute atomic E-state index is 0.0763. The Morgan fingerprint density at radius 1 is 0.711 bits per heavy atom. The van der Waals surface area contributed by atoms with Crippen LogP contribution in [-0.2, 0) is 12.8 Å². The fourth-order valence-corrected chi connectivity index (χ4v) is 3.68. The minimum Gasteiger partial charge on any atom is -0.394 e. The van der Waals surface area contributed by atoms with Crippen molar-refractivity contribution in [1.29, 1.82) is 0 Å². The van der Waals surface area contributed by atoms with E-state index in [2.05, 4.69) is 9.97 Å². The van der Waals surface area contributed by atoms with Gasteiger partial charge in [-0.1, -0.05) is 12.1 Å². The van der Waals surface area contributed by atoms with Crippen LogP contribution in [0.5, 0.6) is 11.5 Å². The van der Waals surface area contributed by atoms with E-state index in [0.717, 1.165) is 22.5 Å². The summed E-state index contributed by atoms with van der Waals surface area (Å²) in [6.07, 6.45) is 2.62. The predicted molar refractivity (Wildman–Crippen MR) is 136 cm³/mol. The van der Waals surface area contributed by atoms with Crippen LogP contribution in [0, 0.1) is 34.1 Å². The number of hydrogen-bond donors (Lipinski definition) is 0. The maximum atomic E-state index is 12.8. The molecule has 0 N–H and O–H groups in total. The number of benzene rings is 2. The largest absolute Gasteiger partial charge is 0.519 e. The molecule has 0 amide bonds. The van der Waals surface area contributed by atoms with Gasteiger partial charge in [-0.25, -0.2) is 4.79 Å². The zero-order chi connectivity index (χ0) is 27.2. The van der Waals surface area contributed by atoms with Crippen LogP contribution in [-0.4, -0.2) is 26.0 Å². The topological polar surface area (TPSA) is 148 Å². The van der Waals surface area contributed by atoms with E-state index in [9.17, 15) is 25.0 Å². The monoisotopic (exact) mass is 514 g/mol. The fraction of sp³-hybridized carbons (Fsp3) is 0.148. The molecule has 2 heterocycles. The third-order valence-corrected chi connectivity index (χ3v) is 5.63. The van der Waals surface area contributed by atoms with Gasteiger partial charge in [-0.05, 0) is 49.2 Å². The number of hydrogen-bond acceptors (Lipinski definition) is 9. The Hall–Kier alpha value is -5.19. The van der Waals surface area contributed by atoms with E-state index in [-0.39, 0.29) is 35.7 Å². The lowest BCUT2D eigenvalue weighted by atomic mass is 10.0. The van der Waals surface area contributed by atoms with E-state index in [1.54, 1.807) is 24.5 Å². The van der Waals surface area contributed by atoms with Crippen molar-refractivity contribution in [2.45, 2.75) is 26.7 Å². The number of ether oxygens (including phenoxy) is 2. The summed E-state index contributed by atoms with van der Waals surface area (Å²) >= 11 is 0. The Balaban J connectivity index is 1.59. The quantitative estimate of drug-likeness (QED) is 0.125. The van der Waals surface area contributed by atoms with Gasteiger partial charge in [0, 0.05) is 72.0 Å². The SMILES string of the molecule is Cc1ccc(Cc2cc([N+](=O)[O-])ccc2OC(=O)Oc2ccc([N+](=O)[O-])cc2Cc2ccc(C)nc2)cn1. The van der Waals surface area contributed by atoms with E-state index in [1.807, 2.05) is 26.0 Å². The molecule has 192 valence electrons. The maximum absolute atomic E-state index is 12.8. The average molecular weight is 514 g/mol. The third-order valence-electron chi connectivity index (χ3n) is 5.63. The zero-order valence-electron chi connectivity index (χ0n) is 20.5. The lowest BCUT2D eigenvalue weighted by molar-refractivity contribution is -0.385. The molecule has 0 spiro atoms. The normalized spacial score (nSPS) is 10.6. The summed E-state index contributed by atoms with van der Waals surface area (Å²) in [5, 5.41) is 22.6. The molecule has 0 bridgehead atoms. The van der Waals surface area contributed by atoms with E-state index in [4.69, 9.17) is 9.47 Å². The number of carbonyl (C=O) groups excluding carboxylic acids is 1. The van der Waals surface area contributed by atoms with Gasteiger partial charge in [0.2, 0.25) is 0 Å². The highest BCUT2D eigenvalue weighted by Gasteiger charge is 2.19. The van der Waals surface area contributed by atoms with Crippen molar-refractivity contribution < 1.29 is 24.1 Å². The first-order valence-electron chi connectivity index (χ1n) is 11.5. The summed E-state index contributed by atoms with van der Waals surface area (Å²) in [4.78, 5) is 42.8. The van der Waals surface area contributed by atoms with Gasteiger partial charge in [0.05, 0.1) is 9.85 Å². The molecule has 0 fully saturated rings. The molecule has 0 unspecified atom stereocenters. The highest BCUT2D eigenvalue weighted by atomic mass is 16.7. The van der Waals surface area contributed by atoms with E-state index >= 15 is 0 Å². The zero-order valence-corrected chi connectivity index (χ0v) is 20.5. The summed E-state index contributed by atoms with van der Waals surface area (Å²) in [7, 11) is 0. The smallest absolute Gasteiger partial charge is 0.394 e. The second kappa shape index (κ2) is 11.2. The van der Waals surface area contributed by atoms with Crippen molar-refractivity contribution in [2.75, 3.05) is 0 Å². The fourth-order valence-electron chi connectivity index (χ4n) is 3.68. The maximum Gasteiger partial charge on any atom is 0.519 e. The Morgan fingerprint density at radius 3 is 1.47 bits per heavy atom. The van der Waals surface area contributed by atoms with Crippen LogP contribution < -0.4 is 9.47 Å². The molecule has 0 saturated carbocycles. The van der Waals surface area contributed by atoms with E-state index in [1.165, 1.54) is 36.4 Å². The molecular formula is C27H22N4O7. The van der Waals surface area contributed by atoms with Gasteiger partial charge in [0.15, 0.2) is 0 Å². The van der Waals surface area contributed by atoms with Crippen LogP contribution >= 0.6 is 0 Å². The van der Waals surface area contributed by atoms with Crippen molar-refractivity contribution in [2.24, 2.45) is 0 Å². The van der Waals surface area contributed by atoms with Crippen molar-refractivity contribution in [1.82, 2.24) is 9.97 Å². The molecule has 0 atom stereocenters. The first kappa shape index (κ1) is 25.9. The molecular weight excluding hydrogens is 492 g/mol. The second-order valence-corrected chi connectivity index (χ2v) is 8.52. The molecule has 0 aliphatic heterocycles. The number of non-ortho nitro benzene ring substituents is 2. The summed E-state index contributed by atoms with van der Waals surface area (Å²) in [6, 6.07) is 15.0. The molecule has 0 aliphatic rings. The standard InChI is InChI=1S/C27H22N4O7/c1-17-3-5-19(15-28-17)11-21-13-23(30(33)34)7-9-25(21)37-27(32)38-26-10-8-24(31(35)36)14-22(26)12-20-6-4-18(2)29-16-20/h3-10,13-16H,11-12H2,1-2H3. The Bertz CT molecular complexity index is 1390. The Morgan fingerprint density at radius 2 is 1.13 bits per heavy atom. The van der Waals surface area contributed by atoms with Gasteiger partial charge in [0.25, 0.3) is 11.4 Å². The molecule has 4 aromatic rings. The number of nitrogens with zero attached hydrogens (tertiary/aromatic N) is 4. The van der Waals surface area contributed by atoms with Crippen molar-refractivity contribution in [3.63, 3.8) is 0 Å². The molecule has 11 nitrogen and oxygen atoms in total. The summed E-state index contributed by atoms with van der Waals surface area (Å²) < 4.78 is 10.9. The molecule has 0 saturated heterocycles. The minimum atomic E-state index is -1.10. The van der Waals surface area contributed by atoms with Crippen molar-refractivity contribution >= 4 is 17.5 Å². The predicted octanol–water partition coefficient (Wildman–Crippen LogP) is 5.67. The van der Waals surface area contributed by atoms with Gasteiger partial charge in [-0.3, -0.25) is 30.2 Å². The lowest BCUT2D eigenvalue weighted by Gasteiger charge is -2.13.